The molecule has 1 unspecified atom stereocenters. The smallest absolute Gasteiger partial charge is 0.444 e. The Hall–Kier alpha value is -0.745. The van der Waals surface area contributed by atoms with Crippen LogP contribution in [0.4, 0.5) is 4.79 Å². The van der Waals surface area contributed by atoms with Crippen LogP contribution in [0.5, 0.6) is 0 Å². The quantitative estimate of drug-likeness (QED) is 0.749. The van der Waals surface area contributed by atoms with Crippen molar-refractivity contribution in [3.8, 4) is 0 Å². The van der Waals surface area contributed by atoms with Crippen molar-refractivity contribution in [1.29, 1.82) is 0 Å². The zero-order valence-corrected chi connectivity index (χ0v) is 15.1. The molecule has 0 bridgehead atoms. The van der Waals surface area contributed by atoms with Gasteiger partial charge in [-0.15, -0.1) is 0 Å². The summed E-state index contributed by atoms with van der Waals surface area (Å²) in [5.74, 6) is 0. The van der Waals surface area contributed by atoms with Crippen LogP contribution in [0.2, 0.25) is 6.32 Å². The van der Waals surface area contributed by atoms with Crippen LogP contribution in [0.15, 0.2) is 0 Å². The lowest BCUT2D eigenvalue weighted by Gasteiger charge is -2.41. The second kappa shape index (κ2) is 5.71. The molecular formula is C16H30BNO4. The Morgan fingerprint density at radius 2 is 1.77 bits per heavy atom. The predicted molar refractivity (Wildman–Crippen MR) is 86.9 cm³/mol. The van der Waals surface area contributed by atoms with Gasteiger partial charge in [-0.3, -0.25) is 0 Å². The zero-order valence-electron chi connectivity index (χ0n) is 15.1. The second-order valence-electron chi connectivity index (χ2n) is 8.38. The molecule has 0 radical (unpaired) electrons. The molecule has 5 nitrogen and oxygen atoms in total. The molecule has 1 amide bonds. The molecule has 0 aliphatic carbocycles. The Kier molecular flexibility index (Phi) is 4.57. The van der Waals surface area contributed by atoms with Gasteiger partial charge in [-0.25, -0.2) is 4.79 Å². The van der Waals surface area contributed by atoms with E-state index in [-0.39, 0.29) is 30.5 Å². The molecule has 0 aromatic rings. The number of nitrogens with zero attached hydrogens (tertiary/aromatic N) is 1. The summed E-state index contributed by atoms with van der Waals surface area (Å²) in [6, 6.07) is 0.244. The SMILES string of the molecule is CC(C)(C)OC(=O)N1CCC1CCB1OC(C)(C)C(C)(C)O1. The number of hydrogen-bond donors (Lipinski definition) is 0. The number of amides is 1. The molecule has 0 spiro atoms. The van der Waals surface area contributed by atoms with E-state index in [0.717, 1.165) is 25.7 Å². The Bertz CT molecular complexity index is 414. The first-order valence-electron chi connectivity index (χ1n) is 8.26. The molecule has 6 heteroatoms. The monoisotopic (exact) mass is 311 g/mol. The maximum atomic E-state index is 12.1. The molecule has 22 heavy (non-hydrogen) atoms. The van der Waals surface area contributed by atoms with Crippen molar-refractivity contribution in [3.63, 3.8) is 0 Å². The molecule has 2 heterocycles. The van der Waals surface area contributed by atoms with Gasteiger partial charge in [0.05, 0.1) is 11.2 Å². The number of hydrogen-bond acceptors (Lipinski definition) is 4. The second-order valence-corrected chi connectivity index (χ2v) is 8.38. The summed E-state index contributed by atoms with van der Waals surface area (Å²) >= 11 is 0. The van der Waals surface area contributed by atoms with Gasteiger partial charge in [-0.2, -0.15) is 0 Å². The van der Waals surface area contributed by atoms with Gasteiger partial charge in [0.25, 0.3) is 0 Å². The topological polar surface area (TPSA) is 48.0 Å². The van der Waals surface area contributed by atoms with E-state index in [1.165, 1.54) is 0 Å². The Morgan fingerprint density at radius 1 is 1.23 bits per heavy atom. The van der Waals surface area contributed by atoms with E-state index in [9.17, 15) is 4.79 Å². The largest absolute Gasteiger partial charge is 0.457 e. The van der Waals surface area contributed by atoms with Crippen LogP contribution in [-0.4, -0.2) is 47.5 Å². The lowest BCUT2D eigenvalue weighted by Crippen LogP contribution is -2.52. The van der Waals surface area contributed by atoms with Gasteiger partial charge in [0.15, 0.2) is 0 Å². The van der Waals surface area contributed by atoms with Crippen molar-refractivity contribution in [1.82, 2.24) is 4.90 Å². The summed E-state index contributed by atoms with van der Waals surface area (Å²) in [7, 11) is -0.189. The van der Waals surface area contributed by atoms with E-state index in [1.54, 1.807) is 0 Å². The maximum absolute atomic E-state index is 12.1. The molecule has 2 aliphatic rings. The van der Waals surface area contributed by atoms with Gasteiger partial charge in [0.1, 0.15) is 5.60 Å². The molecule has 2 saturated heterocycles. The average Bonchev–Trinajstić information content (AvgIpc) is 2.42. The molecule has 2 rings (SSSR count). The van der Waals surface area contributed by atoms with Crippen LogP contribution in [0.25, 0.3) is 0 Å². The van der Waals surface area contributed by atoms with E-state index in [4.69, 9.17) is 14.0 Å². The first kappa shape index (κ1) is 17.6. The third-order valence-corrected chi connectivity index (χ3v) is 4.81. The summed E-state index contributed by atoms with van der Waals surface area (Å²) < 4.78 is 17.4. The van der Waals surface area contributed by atoms with Crippen LogP contribution in [0.3, 0.4) is 0 Å². The van der Waals surface area contributed by atoms with Crippen LogP contribution in [0, 0.1) is 0 Å². The minimum Gasteiger partial charge on any atom is -0.444 e. The first-order valence-corrected chi connectivity index (χ1v) is 8.26. The highest BCUT2D eigenvalue weighted by atomic mass is 16.7. The Balaban J connectivity index is 1.80. The van der Waals surface area contributed by atoms with Gasteiger partial charge >= 0.3 is 13.2 Å². The molecule has 0 aromatic carbocycles. The van der Waals surface area contributed by atoms with Crippen molar-refractivity contribution in [3.05, 3.63) is 0 Å². The van der Waals surface area contributed by atoms with Gasteiger partial charge < -0.3 is 18.9 Å². The maximum Gasteiger partial charge on any atom is 0.457 e. The van der Waals surface area contributed by atoms with Crippen molar-refractivity contribution in [2.45, 2.75) is 90.5 Å². The van der Waals surface area contributed by atoms with E-state index in [2.05, 4.69) is 27.7 Å². The van der Waals surface area contributed by atoms with Crippen LogP contribution >= 0.6 is 0 Å². The van der Waals surface area contributed by atoms with Crippen molar-refractivity contribution < 1.29 is 18.8 Å². The highest BCUT2D eigenvalue weighted by molar-refractivity contribution is 6.45. The fourth-order valence-corrected chi connectivity index (χ4v) is 2.71. The van der Waals surface area contributed by atoms with Crippen molar-refractivity contribution in [2.24, 2.45) is 0 Å². The fourth-order valence-electron chi connectivity index (χ4n) is 2.71. The molecule has 0 saturated carbocycles. The summed E-state index contributed by atoms with van der Waals surface area (Å²) in [6.45, 7) is 14.7. The number of carbonyl (C=O) groups excluding carboxylic acids is 1. The predicted octanol–water partition coefficient (Wildman–Crippen LogP) is 3.48. The van der Waals surface area contributed by atoms with E-state index in [0.29, 0.717) is 0 Å². The number of carbonyl (C=O) groups is 1. The minimum atomic E-state index is -0.442. The number of rotatable bonds is 3. The lowest BCUT2D eigenvalue weighted by molar-refractivity contribution is -0.00608. The Labute approximate surface area is 134 Å². The third-order valence-electron chi connectivity index (χ3n) is 4.81. The van der Waals surface area contributed by atoms with Gasteiger partial charge in [-0.05, 0) is 67.6 Å². The van der Waals surface area contributed by atoms with Crippen LogP contribution in [-0.2, 0) is 14.0 Å². The minimum absolute atomic E-state index is 0.189. The third kappa shape index (κ3) is 3.77. The molecule has 1 atom stereocenters. The highest BCUT2D eigenvalue weighted by Gasteiger charge is 2.51. The van der Waals surface area contributed by atoms with E-state index >= 15 is 0 Å². The molecule has 126 valence electrons. The molecule has 2 fully saturated rings. The summed E-state index contributed by atoms with van der Waals surface area (Å²) in [4.78, 5) is 13.9. The number of ether oxygens (including phenoxy) is 1. The van der Waals surface area contributed by atoms with Crippen molar-refractivity contribution in [2.75, 3.05) is 6.54 Å². The number of likely N-dealkylation sites (tertiary alicyclic amines) is 1. The normalized spacial score (nSPS) is 26.8. The van der Waals surface area contributed by atoms with Crippen LogP contribution < -0.4 is 0 Å². The summed E-state index contributed by atoms with van der Waals surface area (Å²) in [6.07, 6.45) is 2.50. The van der Waals surface area contributed by atoms with Gasteiger partial charge in [0, 0.05) is 12.6 Å². The summed E-state index contributed by atoms with van der Waals surface area (Å²) in [5.41, 5.74) is -1.02. The highest BCUT2D eigenvalue weighted by Crippen LogP contribution is 2.38. The lowest BCUT2D eigenvalue weighted by atomic mass is 9.79. The molecule has 2 aliphatic heterocycles. The van der Waals surface area contributed by atoms with Crippen LogP contribution in [0.1, 0.15) is 61.3 Å². The average molecular weight is 311 g/mol. The zero-order chi connectivity index (χ0) is 16.8. The van der Waals surface area contributed by atoms with Crippen molar-refractivity contribution >= 4 is 13.2 Å². The molecule has 0 aromatic heterocycles. The van der Waals surface area contributed by atoms with Gasteiger partial charge in [0.2, 0.25) is 0 Å². The first-order chi connectivity index (χ1) is 9.91. The van der Waals surface area contributed by atoms with Gasteiger partial charge in [-0.1, -0.05) is 0 Å². The van der Waals surface area contributed by atoms with E-state index in [1.807, 2.05) is 25.7 Å². The van der Waals surface area contributed by atoms with E-state index < -0.39 is 5.60 Å². The molecular weight excluding hydrogens is 281 g/mol. The standard InChI is InChI=1S/C16H30BNO4/c1-14(2,3)20-13(19)18-11-9-12(18)8-10-17-21-15(4,5)16(6,7)22-17/h12H,8-11H2,1-7H3. The Morgan fingerprint density at radius 3 is 2.18 bits per heavy atom. The molecule has 0 N–H and O–H groups in total. The summed E-state index contributed by atoms with van der Waals surface area (Å²) in [5, 5.41) is 0. The fraction of sp³-hybridized carbons (Fsp3) is 0.938.